The zero-order chi connectivity index (χ0) is 15.9. The molecular formula is C18H25N3O2. The number of carbonyl (C=O) groups excluding carboxylic acids is 1. The third-order valence-corrected chi connectivity index (χ3v) is 5.51. The predicted molar refractivity (Wildman–Crippen MR) is 87.7 cm³/mol. The molecule has 2 unspecified atom stereocenters. The third kappa shape index (κ3) is 2.67. The molecule has 0 aliphatic carbocycles. The Labute approximate surface area is 137 Å². The first-order valence-electron chi connectivity index (χ1n) is 8.66. The molecular weight excluding hydrogens is 290 g/mol. The fourth-order valence-corrected chi connectivity index (χ4v) is 4.39. The van der Waals surface area contributed by atoms with Crippen molar-refractivity contribution in [2.24, 2.45) is 0 Å². The number of esters is 1. The third-order valence-electron chi connectivity index (χ3n) is 5.51. The van der Waals surface area contributed by atoms with Gasteiger partial charge in [0.1, 0.15) is 6.04 Å². The molecule has 1 aromatic carbocycles. The van der Waals surface area contributed by atoms with Gasteiger partial charge in [0, 0.05) is 51.6 Å². The Morgan fingerprint density at radius 2 is 1.96 bits per heavy atom. The average molecular weight is 315 g/mol. The van der Waals surface area contributed by atoms with Gasteiger partial charge in [-0.15, -0.1) is 0 Å². The number of carbonyl (C=O) groups is 1. The first-order valence-corrected chi connectivity index (χ1v) is 8.66. The van der Waals surface area contributed by atoms with E-state index in [9.17, 15) is 4.79 Å². The highest BCUT2D eigenvalue weighted by molar-refractivity contribution is 5.79. The van der Waals surface area contributed by atoms with Crippen LogP contribution in [0.15, 0.2) is 30.3 Å². The maximum Gasteiger partial charge on any atom is 0.326 e. The number of hydrogen-bond donors (Lipinski definition) is 1. The van der Waals surface area contributed by atoms with Gasteiger partial charge in [-0.1, -0.05) is 30.3 Å². The molecule has 1 spiro atoms. The molecule has 5 heteroatoms. The van der Waals surface area contributed by atoms with Gasteiger partial charge in [0.2, 0.25) is 0 Å². The molecule has 2 atom stereocenters. The van der Waals surface area contributed by atoms with Crippen molar-refractivity contribution in [2.75, 3.05) is 26.2 Å². The van der Waals surface area contributed by atoms with E-state index in [1.807, 2.05) is 0 Å². The minimum absolute atomic E-state index is 0.0411. The number of likely N-dealkylation sites (tertiary alicyclic amines) is 1. The van der Waals surface area contributed by atoms with Crippen molar-refractivity contribution < 1.29 is 9.53 Å². The van der Waals surface area contributed by atoms with Gasteiger partial charge in [-0.05, 0) is 12.5 Å². The highest BCUT2D eigenvalue weighted by Crippen LogP contribution is 2.40. The van der Waals surface area contributed by atoms with Crippen LogP contribution in [0.3, 0.4) is 0 Å². The summed E-state index contributed by atoms with van der Waals surface area (Å²) in [5.41, 5.74) is 0.983. The smallest absolute Gasteiger partial charge is 0.326 e. The van der Waals surface area contributed by atoms with Gasteiger partial charge in [-0.2, -0.15) is 0 Å². The molecule has 3 aliphatic heterocycles. The SMILES string of the molecule is CC1CNCC2C(=O)OC3(CCN(Cc4ccccc4)CC3)N12. The molecule has 1 N–H and O–H groups in total. The van der Waals surface area contributed by atoms with Crippen LogP contribution in [-0.4, -0.2) is 59.8 Å². The van der Waals surface area contributed by atoms with Crippen molar-refractivity contribution in [3.8, 4) is 0 Å². The lowest BCUT2D eigenvalue weighted by atomic mass is 9.94. The van der Waals surface area contributed by atoms with Crippen molar-refractivity contribution in [3.05, 3.63) is 35.9 Å². The van der Waals surface area contributed by atoms with Crippen LogP contribution < -0.4 is 5.32 Å². The summed E-state index contributed by atoms with van der Waals surface area (Å²) in [5, 5.41) is 3.35. The Morgan fingerprint density at radius 3 is 2.70 bits per heavy atom. The molecule has 3 heterocycles. The summed E-state index contributed by atoms with van der Waals surface area (Å²) in [6.07, 6.45) is 1.82. The highest BCUT2D eigenvalue weighted by atomic mass is 16.6. The number of hydrogen-bond acceptors (Lipinski definition) is 5. The summed E-state index contributed by atoms with van der Waals surface area (Å²) in [5.74, 6) is -0.0411. The van der Waals surface area contributed by atoms with E-state index in [4.69, 9.17) is 4.74 Å². The molecule has 0 aromatic heterocycles. The summed E-state index contributed by atoms with van der Waals surface area (Å²) in [6, 6.07) is 10.8. The lowest BCUT2D eigenvalue weighted by Crippen LogP contribution is -2.63. The number of nitrogens with zero attached hydrogens (tertiary/aromatic N) is 2. The van der Waals surface area contributed by atoms with Crippen LogP contribution in [-0.2, 0) is 16.1 Å². The molecule has 3 fully saturated rings. The summed E-state index contributed by atoms with van der Waals surface area (Å²) < 4.78 is 5.93. The minimum atomic E-state index is -0.365. The largest absolute Gasteiger partial charge is 0.442 e. The van der Waals surface area contributed by atoms with Crippen molar-refractivity contribution in [2.45, 2.75) is 44.1 Å². The zero-order valence-electron chi connectivity index (χ0n) is 13.7. The van der Waals surface area contributed by atoms with Gasteiger partial charge in [0.05, 0.1) is 0 Å². The first kappa shape index (κ1) is 15.1. The second kappa shape index (κ2) is 5.89. The Balaban J connectivity index is 1.45. The van der Waals surface area contributed by atoms with Crippen LogP contribution in [0.5, 0.6) is 0 Å². The molecule has 0 radical (unpaired) electrons. The lowest BCUT2D eigenvalue weighted by molar-refractivity contribution is -0.165. The van der Waals surface area contributed by atoms with E-state index < -0.39 is 0 Å². The Hall–Kier alpha value is -1.43. The highest BCUT2D eigenvalue weighted by Gasteiger charge is 2.56. The summed E-state index contributed by atoms with van der Waals surface area (Å²) in [4.78, 5) is 17.1. The second-order valence-corrected chi connectivity index (χ2v) is 7.06. The number of ether oxygens (including phenoxy) is 1. The van der Waals surface area contributed by atoms with E-state index in [0.717, 1.165) is 45.6 Å². The Morgan fingerprint density at radius 1 is 1.22 bits per heavy atom. The van der Waals surface area contributed by atoms with Gasteiger partial charge in [-0.25, -0.2) is 4.90 Å². The topological polar surface area (TPSA) is 44.8 Å². The van der Waals surface area contributed by atoms with Crippen molar-refractivity contribution >= 4 is 5.97 Å². The number of nitrogens with one attached hydrogen (secondary N) is 1. The molecule has 124 valence electrons. The fourth-order valence-electron chi connectivity index (χ4n) is 4.39. The average Bonchev–Trinajstić information content (AvgIpc) is 2.85. The second-order valence-electron chi connectivity index (χ2n) is 7.06. The summed E-state index contributed by atoms with van der Waals surface area (Å²) >= 11 is 0. The van der Waals surface area contributed by atoms with Gasteiger partial charge in [0.15, 0.2) is 5.72 Å². The minimum Gasteiger partial charge on any atom is -0.442 e. The van der Waals surface area contributed by atoms with Gasteiger partial charge in [0.25, 0.3) is 0 Å². The van der Waals surface area contributed by atoms with Crippen LogP contribution >= 0.6 is 0 Å². The molecule has 0 amide bonds. The Bertz CT molecular complexity index is 569. The fraction of sp³-hybridized carbons (Fsp3) is 0.611. The number of piperidine rings is 1. The van der Waals surface area contributed by atoms with E-state index >= 15 is 0 Å². The number of rotatable bonds is 2. The van der Waals surface area contributed by atoms with E-state index in [1.165, 1.54) is 5.56 Å². The van der Waals surface area contributed by atoms with Crippen LogP contribution in [0, 0.1) is 0 Å². The zero-order valence-corrected chi connectivity index (χ0v) is 13.7. The quantitative estimate of drug-likeness (QED) is 0.831. The number of benzene rings is 1. The van der Waals surface area contributed by atoms with E-state index in [-0.39, 0.29) is 17.7 Å². The van der Waals surface area contributed by atoms with Crippen LogP contribution in [0.4, 0.5) is 0 Å². The lowest BCUT2D eigenvalue weighted by Gasteiger charge is -2.47. The molecule has 3 saturated heterocycles. The van der Waals surface area contributed by atoms with Crippen molar-refractivity contribution in [1.82, 2.24) is 15.1 Å². The van der Waals surface area contributed by atoms with Gasteiger partial charge in [-0.3, -0.25) is 9.69 Å². The van der Waals surface area contributed by atoms with Crippen molar-refractivity contribution in [1.29, 1.82) is 0 Å². The maximum atomic E-state index is 12.3. The molecule has 0 bridgehead atoms. The number of piperazine rings is 1. The van der Waals surface area contributed by atoms with E-state index in [0.29, 0.717) is 6.04 Å². The standard InChI is InChI=1S/C18H25N3O2/c1-14-11-19-12-16-17(22)23-18(21(14)16)7-9-20(10-8-18)13-15-5-3-2-4-6-15/h2-6,14,16,19H,7-13H2,1H3. The summed E-state index contributed by atoms with van der Waals surface area (Å²) in [6.45, 7) is 6.78. The molecule has 0 saturated carbocycles. The van der Waals surface area contributed by atoms with E-state index in [1.54, 1.807) is 0 Å². The van der Waals surface area contributed by atoms with Crippen molar-refractivity contribution in [3.63, 3.8) is 0 Å². The first-order chi connectivity index (χ1) is 11.2. The van der Waals surface area contributed by atoms with Crippen LogP contribution in [0.2, 0.25) is 0 Å². The summed E-state index contributed by atoms with van der Waals surface area (Å²) in [7, 11) is 0. The van der Waals surface area contributed by atoms with Gasteiger partial charge >= 0.3 is 5.97 Å². The molecule has 5 nitrogen and oxygen atoms in total. The Kier molecular flexibility index (Phi) is 3.87. The molecule has 3 aliphatic rings. The van der Waals surface area contributed by atoms with Crippen LogP contribution in [0.25, 0.3) is 0 Å². The molecule has 23 heavy (non-hydrogen) atoms. The van der Waals surface area contributed by atoms with Crippen LogP contribution in [0.1, 0.15) is 25.3 Å². The monoisotopic (exact) mass is 315 g/mol. The van der Waals surface area contributed by atoms with E-state index in [2.05, 4.69) is 52.4 Å². The normalized spacial score (nSPS) is 31.1. The molecule has 1 aromatic rings. The maximum absolute atomic E-state index is 12.3. The molecule has 4 rings (SSSR count). The number of fused-ring (bicyclic) bond motifs is 2. The van der Waals surface area contributed by atoms with Gasteiger partial charge < -0.3 is 10.1 Å². The predicted octanol–water partition coefficient (Wildman–Crippen LogP) is 1.20.